The van der Waals surface area contributed by atoms with Crippen molar-refractivity contribution in [2.24, 2.45) is 0 Å². The Bertz CT molecular complexity index is 1900. The number of hydrogen-bond donors (Lipinski definition) is 0. The minimum absolute atomic E-state index is 0.592. The summed E-state index contributed by atoms with van der Waals surface area (Å²) < 4.78 is 2.06. The van der Waals surface area contributed by atoms with Gasteiger partial charge in [-0.1, -0.05) is 121 Å². The molecular weight excluding hydrogens is 486 g/mol. The van der Waals surface area contributed by atoms with Crippen LogP contribution in [0.3, 0.4) is 0 Å². The molecule has 0 saturated heterocycles. The van der Waals surface area contributed by atoms with Gasteiger partial charge in [-0.3, -0.25) is 4.57 Å². The Labute approximate surface area is 225 Å². The highest BCUT2D eigenvalue weighted by atomic mass is 35.5. The summed E-state index contributed by atoms with van der Waals surface area (Å²) in [5, 5.41) is 3.11. The molecule has 0 amide bonds. The molecule has 180 valence electrons. The smallest absolute Gasteiger partial charge is 0.166 e. The largest absolute Gasteiger partial charge is 0.277 e. The van der Waals surface area contributed by atoms with Crippen LogP contribution >= 0.6 is 11.6 Å². The van der Waals surface area contributed by atoms with Gasteiger partial charge in [0.15, 0.2) is 5.65 Å². The van der Waals surface area contributed by atoms with Crippen LogP contribution in [-0.2, 0) is 0 Å². The van der Waals surface area contributed by atoms with Crippen LogP contribution in [0.15, 0.2) is 134 Å². The fraction of sp³-hybridized carbons (Fsp3) is 0. The maximum absolute atomic E-state index is 6.50. The van der Waals surface area contributed by atoms with Crippen molar-refractivity contribution >= 4 is 33.5 Å². The molecule has 0 saturated carbocycles. The first-order valence-electron chi connectivity index (χ1n) is 12.5. The molecule has 0 atom stereocenters. The van der Waals surface area contributed by atoms with Crippen molar-refractivity contribution < 1.29 is 0 Å². The van der Waals surface area contributed by atoms with E-state index in [-0.39, 0.29) is 0 Å². The summed E-state index contributed by atoms with van der Waals surface area (Å²) >= 11 is 6.50. The van der Waals surface area contributed by atoms with E-state index in [0.29, 0.717) is 10.5 Å². The number of benzene rings is 5. The molecule has 4 heteroatoms. The molecule has 0 spiro atoms. The highest BCUT2D eigenvalue weighted by Crippen LogP contribution is 2.33. The Balaban J connectivity index is 1.26. The monoisotopic (exact) mass is 507 g/mol. The van der Waals surface area contributed by atoms with Gasteiger partial charge in [-0.2, -0.15) is 0 Å². The van der Waals surface area contributed by atoms with Gasteiger partial charge in [0.1, 0.15) is 11.3 Å². The van der Waals surface area contributed by atoms with Crippen LogP contribution in [0, 0.1) is 0 Å². The molecule has 7 aromatic rings. The zero-order valence-electron chi connectivity index (χ0n) is 20.4. The van der Waals surface area contributed by atoms with Crippen LogP contribution in [0.2, 0.25) is 5.02 Å². The minimum atomic E-state index is 0.592. The van der Waals surface area contributed by atoms with E-state index >= 15 is 0 Å². The maximum Gasteiger partial charge on any atom is 0.166 e. The van der Waals surface area contributed by atoms with Crippen molar-refractivity contribution in [2.75, 3.05) is 0 Å². The lowest BCUT2D eigenvalue weighted by Gasteiger charge is -2.10. The number of hydrogen-bond acceptors (Lipinski definition) is 2. The number of fused-ring (bicyclic) bond motifs is 2. The fourth-order valence-electron chi connectivity index (χ4n) is 5.09. The molecule has 2 heterocycles. The molecule has 2 aromatic heterocycles. The summed E-state index contributed by atoms with van der Waals surface area (Å²) in [6.45, 7) is 0. The number of para-hydroxylation sites is 1. The van der Waals surface area contributed by atoms with Crippen molar-refractivity contribution in [3.8, 4) is 39.3 Å². The summed E-state index contributed by atoms with van der Waals surface area (Å²) in [4.78, 5) is 9.50. The Kier molecular flexibility index (Phi) is 5.49. The lowest BCUT2D eigenvalue weighted by Crippen LogP contribution is -1.98. The van der Waals surface area contributed by atoms with Gasteiger partial charge in [-0.15, -0.1) is 0 Å². The fourth-order valence-corrected chi connectivity index (χ4v) is 5.27. The molecule has 0 fully saturated rings. The lowest BCUT2D eigenvalue weighted by atomic mass is 9.96. The quantitative estimate of drug-likeness (QED) is 0.237. The first kappa shape index (κ1) is 22.5. The van der Waals surface area contributed by atoms with Crippen LogP contribution in [0.4, 0.5) is 0 Å². The Hall–Kier alpha value is -4.73. The first-order valence-corrected chi connectivity index (χ1v) is 12.9. The molecule has 0 N–H and O–H groups in total. The van der Waals surface area contributed by atoms with Crippen molar-refractivity contribution in [3.05, 3.63) is 139 Å². The number of imidazole rings is 1. The van der Waals surface area contributed by atoms with Gasteiger partial charge in [0.05, 0.1) is 5.02 Å². The molecule has 38 heavy (non-hydrogen) atoms. The maximum atomic E-state index is 6.50. The summed E-state index contributed by atoms with van der Waals surface area (Å²) in [6.07, 6.45) is 1.72. The van der Waals surface area contributed by atoms with Crippen LogP contribution < -0.4 is 0 Å². The molecule has 3 nitrogen and oxygen atoms in total. The van der Waals surface area contributed by atoms with Gasteiger partial charge in [0, 0.05) is 17.4 Å². The van der Waals surface area contributed by atoms with Crippen molar-refractivity contribution in [1.29, 1.82) is 0 Å². The SMILES string of the molecule is Clc1ccnc2c1nc(-c1ccc(-c3ccc(-c4cccc5ccccc45)cc3)cc1)n2-c1ccccc1. The van der Waals surface area contributed by atoms with E-state index in [4.69, 9.17) is 16.6 Å². The van der Waals surface area contributed by atoms with Crippen LogP contribution in [-0.4, -0.2) is 14.5 Å². The van der Waals surface area contributed by atoms with Gasteiger partial charge in [0.25, 0.3) is 0 Å². The van der Waals surface area contributed by atoms with Gasteiger partial charge in [-0.05, 0) is 51.2 Å². The van der Waals surface area contributed by atoms with Gasteiger partial charge in [0.2, 0.25) is 0 Å². The van der Waals surface area contributed by atoms with E-state index < -0.39 is 0 Å². The zero-order valence-corrected chi connectivity index (χ0v) is 21.2. The van der Waals surface area contributed by atoms with E-state index in [0.717, 1.165) is 28.3 Å². The van der Waals surface area contributed by atoms with E-state index in [1.165, 1.54) is 27.5 Å². The number of rotatable bonds is 4. The third-order valence-electron chi connectivity index (χ3n) is 6.97. The van der Waals surface area contributed by atoms with Gasteiger partial charge < -0.3 is 0 Å². The molecule has 0 aliphatic carbocycles. The lowest BCUT2D eigenvalue weighted by molar-refractivity contribution is 1.08. The highest BCUT2D eigenvalue weighted by Gasteiger charge is 2.17. The second kappa shape index (κ2) is 9.29. The Morgan fingerprint density at radius 3 is 1.95 bits per heavy atom. The summed E-state index contributed by atoms with van der Waals surface area (Å²) in [5.41, 5.74) is 8.21. The third-order valence-corrected chi connectivity index (χ3v) is 7.28. The van der Waals surface area contributed by atoms with Crippen LogP contribution in [0.25, 0.3) is 61.3 Å². The number of aromatic nitrogens is 3. The normalized spacial score (nSPS) is 11.3. The second-order valence-corrected chi connectivity index (χ2v) is 9.66. The molecular formula is C34H22ClN3. The van der Waals surface area contributed by atoms with Crippen molar-refractivity contribution in [2.45, 2.75) is 0 Å². The topological polar surface area (TPSA) is 30.7 Å². The van der Waals surface area contributed by atoms with Gasteiger partial charge >= 0.3 is 0 Å². The summed E-state index contributed by atoms with van der Waals surface area (Å²) in [6, 6.07) is 44.2. The number of nitrogens with zero attached hydrogens (tertiary/aromatic N) is 3. The molecule has 0 aliphatic rings. The molecule has 0 bridgehead atoms. The standard InChI is InChI=1S/C34H22ClN3/c35-31-21-22-36-34-32(31)37-33(38(34)28-9-2-1-3-10-28)27-19-15-24(16-20-27)23-13-17-26(18-14-23)30-12-6-8-25-7-4-5-11-29(25)30/h1-22H. The van der Waals surface area contributed by atoms with Crippen LogP contribution in [0.5, 0.6) is 0 Å². The number of halogens is 1. The molecule has 0 unspecified atom stereocenters. The first-order chi connectivity index (χ1) is 18.8. The predicted octanol–water partition coefficient (Wildman–Crippen LogP) is 9.23. The second-order valence-electron chi connectivity index (χ2n) is 9.25. The van der Waals surface area contributed by atoms with E-state index in [1.807, 2.05) is 18.2 Å². The van der Waals surface area contributed by atoms with Crippen molar-refractivity contribution in [3.63, 3.8) is 0 Å². The minimum Gasteiger partial charge on any atom is -0.277 e. The van der Waals surface area contributed by atoms with Crippen molar-refractivity contribution in [1.82, 2.24) is 14.5 Å². The Morgan fingerprint density at radius 2 is 1.18 bits per heavy atom. The van der Waals surface area contributed by atoms with E-state index in [9.17, 15) is 0 Å². The average molecular weight is 508 g/mol. The molecule has 0 aliphatic heterocycles. The van der Waals surface area contributed by atoms with E-state index in [1.54, 1.807) is 12.3 Å². The zero-order chi connectivity index (χ0) is 25.5. The Morgan fingerprint density at radius 1 is 0.553 bits per heavy atom. The summed E-state index contributed by atoms with van der Waals surface area (Å²) in [7, 11) is 0. The molecule has 7 rings (SSSR count). The summed E-state index contributed by atoms with van der Waals surface area (Å²) in [5.74, 6) is 0.810. The van der Waals surface area contributed by atoms with E-state index in [2.05, 4.69) is 113 Å². The number of pyridine rings is 1. The predicted molar refractivity (Wildman–Crippen MR) is 158 cm³/mol. The molecule has 0 radical (unpaired) electrons. The average Bonchev–Trinajstić information content (AvgIpc) is 3.39. The van der Waals surface area contributed by atoms with Gasteiger partial charge in [-0.25, -0.2) is 9.97 Å². The highest BCUT2D eigenvalue weighted by molar-refractivity contribution is 6.34. The molecule has 5 aromatic carbocycles. The third kappa shape index (κ3) is 3.85. The van der Waals surface area contributed by atoms with Crippen LogP contribution in [0.1, 0.15) is 0 Å².